The fourth-order valence-corrected chi connectivity index (χ4v) is 5.14. The number of hydrogen-bond acceptors (Lipinski definition) is 4. The van der Waals surface area contributed by atoms with Crippen LogP contribution in [-0.2, 0) is 14.9 Å². The molecule has 0 aliphatic rings. The van der Waals surface area contributed by atoms with Crippen molar-refractivity contribution in [3.63, 3.8) is 0 Å². The van der Waals surface area contributed by atoms with Crippen molar-refractivity contribution >= 4 is 16.0 Å². The first-order valence-electron chi connectivity index (χ1n) is 15.8. The summed E-state index contributed by atoms with van der Waals surface area (Å²) in [4.78, 5) is 12.4. The standard InChI is InChI=1S/C33H59NO5S/c1-3-5-7-9-11-13-15-16-17-18-19-21-23-25-27-29-33(36)34-31(30-40(37,38)39)32(35)28-26-24-22-20-14-12-10-8-6-4-2/h5,7,11,13,16-17,26,28,31-32,35H,3-4,6,8-10,12,14-15,18-25,27,29-30H2,1-2H3,(H,34,36)(H,37,38,39)/b7-5-,13-11-,17-16-,28-26+. The highest BCUT2D eigenvalue weighted by atomic mass is 32.2. The Morgan fingerprint density at radius 1 is 0.700 bits per heavy atom. The van der Waals surface area contributed by atoms with Crippen LogP contribution in [0.4, 0.5) is 0 Å². The van der Waals surface area contributed by atoms with Crippen LogP contribution in [0.2, 0.25) is 0 Å². The van der Waals surface area contributed by atoms with Crippen molar-refractivity contribution in [2.75, 3.05) is 5.75 Å². The van der Waals surface area contributed by atoms with Gasteiger partial charge in [0.25, 0.3) is 10.1 Å². The van der Waals surface area contributed by atoms with E-state index in [4.69, 9.17) is 0 Å². The van der Waals surface area contributed by atoms with Gasteiger partial charge in [-0.3, -0.25) is 9.35 Å². The molecule has 232 valence electrons. The van der Waals surface area contributed by atoms with Crippen LogP contribution in [-0.4, -0.2) is 41.9 Å². The van der Waals surface area contributed by atoms with Gasteiger partial charge in [0.2, 0.25) is 5.91 Å². The van der Waals surface area contributed by atoms with E-state index in [1.165, 1.54) is 44.6 Å². The van der Waals surface area contributed by atoms with Crippen molar-refractivity contribution < 1.29 is 22.9 Å². The fourth-order valence-electron chi connectivity index (χ4n) is 4.40. The Kier molecular flexibility index (Phi) is 26.3. The van der Waals surface area contributed by atoms with E-state index in [0.29, 0.717) is 6.42 Å². The highest BCUT2D eigenvalue weighted by molar-refractivity contribution is 7.85. The predicted molar refractivity (Wildman–Crippen MR) is 170 cm³/mol. The van der Waals surface area contributed by atoms with Crippen molar-refractivity contribution in [3.8, 4) is 0 Å². The molecule has 0 aliphatic carbocycles. The van der Waals surface area contributed by atoms with Crippen LogP contribution in [0.1, 0.15) is 136 Å². The van der Waals surface area contributed by atoms with Gasteiger partial charge in [-0.15, -0.1) is 0 Å². The summed E-state index contributed by atoms with van der Waals surface area (Å²) < 4.78 is 32.2. The van der Waals surface area contributed by atoms with Crippen LogP contribution < -0.4 is 5.32 Å². The molecule has 0 spiro atoms. The van der Waals surface area contributed by atoms with Gasteiger partial charge in [0.05, 0.1) is 17.9 Å². The fraction of sp³-hybridized carbons (Fsp3) is 0.727. The Morgan fingerprint density at radius 3 is 1.77 bits per heavy atom. The van der Waals surface area contributed by atoms with E-state index in [9.17, 15) is 22.9 Å². The summed E-state index contributed by atoms with van der Waals surface area (Å²) in [6, 6.07) is -1.06. The van der Waals surface area contributed by atoms with Gasteiger partial charge in [-0.05, 0) is 51.4 Å². The van der Waals surface area contributed by atoms with Crippen LogP contribution in [0.15, 0.2) is 48.6 Å². The van der Waals surface area contributed by atoms with Crippen LogP contribution in [0.5, 0.6) is 0 Å². The largest absolute Gasteiger partial charge is 0.387 e. The lowest BCUT2D eigenvalue weighted by atomic mass is 10.1. The topological polar surface area (TPSA) is 104 Å². The van der Waals surface area contributed by atoms with Crippen molar-refractivity contribution in [1.82, 2.24) is 5.32 Å². The van der Waals surface area contributed by atoms with Crippen LogP contribution in [0.25, 0.3) is 0 Å². The van der Waals surface area contributed by atoms with Crippen molar-refractivity contribution in [1.29, 1.82) is 0 Å². The first-order valence-corrected chi connectivity index (χ1v) is 17.4. The molecule has 0 saturated heterocycles. The average Bonchev–Trinajstić information content (AvgIpc) is 2.90. The summed E-state index contributed by atoms with van der Waals surface area (Å²) >= 11 is 0. The summed E-state index contributed by atoms with van der Waals surface area (Å²) in [5, 5.41) is 13.1. The number of nitrogens with one attached hydrogen (secondary N) is 1. The molecular formula is C33H59NO5S. The zero-order chi connectivity index (χ0) is 29.7. The Bertz CT molecular complexity index is 817. The van der Waals surface area contributed by atoms with E-state index in [1.807, 2.05) is 6.08 Å². The van der Waals surface area contributed by atoms with Gasteiger partial charge in [0.1, 0.15) is 0 Å². The molecule has 1 amide bonds. The number of rotatable bonds is 27. The number of carbonyl (C=O) groups excluding carboxylic acids is 1. The van der Waals surface area contributed by atoms with Gasteiger partial charge < -0.3 is 10.4 Å². The smallest absolute Gasteiger partial charge is 0.267 e. The SMILES string of the molecule is CC/C=C\C/C=C\C/C=C\CCCCCCCC(=O)NC(CS(=O)(=O)O)C(O)/C=C/CCCCCCCCCC. The van der Waals surface area contributed by atoms with E-state index in [0.717, 1.165) is 70.6 Å². The average molecular weight is 582 g/mol. The minimum Gasteiger partial charge on any atom is -0.387 e. The van der Waals surface area contributed by atoms with Gasteiger partial charge in [-0.2, -0.15) is 8.42 Å². The lowest BCUT2D eigenvalue weighted by molar-refractivity contribution is -0.122. The molecular weight excluding hydrogens is 522 g/mol. The van der Waals surface area contributed by atoms with Crippen LogP contribution in [0, 0.1) is 0 Å². The molecule has 0 heterocycles. The number of allylic oxidation sites excluding steroid dienone is 7. The molecule has 2 atom stereocenters. The molecule has 0 radical (unpaired) electrons. The molecule has 40 heavy (non-hydrogen) atoms. The lowest BCUT2D eigenvalue weighted by Gasteiger charge is -2.21. The van der Waals surface area contributed by atoms with Crippen molar-refractivity contribution in [2.45, 2.75) is 148 Å². The normalized spacial score (nSPS) is 14.2. The van der Waals surface area contributed by atoms with E-state index < -0.39 is 28.0 Å². The minimum absolute atomic E-state index is 0.274. The molecule has 6 nitrogen and oxygen atoms in total. The van der Waals surface area contributed by atoms with Crippen LogP contribution >= 0.6 is 0 Å². The molecule has 0 aromatic carbocycles. The third kappa shape index (κ3) is 27.9. The second-order valence-electron chi connectivity index (χ2n) is 10.7. The maximum absolute atomic E-state index is 12.4. The highest BCUT2D eigenvalue weighted by Crippen LogP contribution is 2.11. The number of carbonyl (C=O) groups is 1. The quantitative estimate of drug-likeness (QED) is 0.0513. The highest BCUT2D eigenvalue weighted by Gasteiger charge is 2.24. The molecule has 0 aliphatic heterocycles. The summed E-state index contributed by atoms with van der Waals surface area (Å²) in [5.41, 5.74) is 0. The molecule has 0 aromatic heterocycles. The van der Waals surface area contributed by atoms with E-state index >= 15 is 0 Å². The first-order chi connectivity index (χ1) is 19.3. The molecule has 7 heteroatoms. The maximum atomic E-state index is 12.4. The molecule has 0 rings (SSSR count). The molecule has 0 aromatic rings. The molecule has 0 saturated carbocycles. The molecule has 0 bridgehead atoms. The third-order valence-corrected chi connectivity index (χ3v) is 7.54. The van der Waals surface area contributed by atoms with E-state index in [1.54, 1.807) is 0 Å². The summed E-state index contributed by atoms with van der Waals surface area (Å²) in [5.74, 6) is -1.01. The molecule has 0 fully saturated rings. The second-order valence-corrected chi connectivity index (χ2v) is 12.2. The first kappa shape index (κ1) is 38.3. The van der Waals surface area contributed by atoms with E-state index in [2.05, 4.69) is 55.6 Å². The van der Waals surface area contributed by atoms with Crippen molar-refractivity contribution in [2.24, 2.45) is 0 Å². The van der Waals surface area contributed by atoms with Crippen LogP contribution in [0.3, 0.4) is 0 Å². The number of amides is 1. The van der Waals surface area contributed by atoms with Gasteiger partial charge in [0, 0.05) is 6.42 Å². The van der Waals surface area contributed by atoms with Gasteiger partial charge in [-0.1, -0.05) is 127 Å². The maximum Gasteiger partial charge on any atom is 0.267 e. The Balaban J connectivity index is 4.11. The van der Waals surface area contributed by atoms with E-state index in [-0.39, 0.29) is 12.3 Å². The zero-order valence-electron chi connectivity index (χ0n) is 25.4. The zero-order valence-corrected chi connectivity index (χ0v) is 26.3. The number of aliphatic hydroxyl groups is 1. The molecule has 3 N–H and O–H groups in total. The number of hydrogen-bond donors (Lipinski definition) is 3. The summed E-state index contributed by atoms with van der Waals surface area (Å²) in [7, 11) is -4.34. The monoisotopic (exact) mass is 581 g/mol. The Morgan fingerprint density at radius 2 is 1.20 bits per heavy atom. The molecule has 2 unspecified atom stereocenters. The summed E-state index contributed by atoms with van der Waals surface area (Å²) in [6.45, 7) is 4.35. The summed E-state index contributed by atoms with van der Waals surface area (Å²) in [6.07, 6.45) is 35.2. The predicted octanol–water partition coefficient (Wildman–Crippen LogP) is 8.40. The van der Waals surface area contributed by atoms with Gasteiger partial charge in [-0.25, -0.2) is 0 Å². The number of aliphatic hydroxyl groups excluding tert-OH is 1. The minimum atomic E-state index is -4.34. The number of unbranched alkanes of at least 4 members (excludes halogenated alkanes) is 13. The Labute approximate surface area is 246 Å². The van der Waals surface area contributed by atoms with Gasteiger partial charge >= 0.3 is 0 Å². The lowest BCUT2D eigenvalue weighted by Crippen LogP contribution is -2.46. The van der Waals surface area contributed by atoms with Gasteiger partial charge in [0.15, 0.2) is 0 Å². The Hall–Kier alpha value is -1.70. The third-order valence-electron chi connectivity index (χ3n) is 6.76. The second kappa shape index (κ2) is 27.5. The van der Waals surface area contributed by atoms with Crippen molar-refractivity contribution in [3.05, 3.63) is 48.6 Å².